The zero-order valence-corrected chi connectivity index (χ0v) is 12.5. The first kappa shape index (κ1) is 12.5. The van der Waals surface area contributed by atoms with E-state index in [0.29, 0.717) is 5.82 Å². The summed E-state index contributed by atoms with van der Waals surface area (Å²) in [7, 11) is 0. The van der Waals surface area contributed by atoms with Crippen molar-refractivity contribution in [1.82, 2.24) is 14.3 Å². The first-order chi connectivity index (χ1) is 9.24. The number of thiazole rings is 2. The average Bonchev–Trinajstić information content (AvgIpc) is 3.08. The molecule has 0 aliphatic carbocycles. The third kappa shape index (κ3) is 2.60. The summed E-state index contributed by atoms with van der Waals surface area (Å²) < 4.78 is 4.21. The maximum absolute atomic E-state index is 5.95. The van der Waals surface area contributed by atoms with Gasteiger partial charge in [-0.3, -0.25) is 4.98 Å². The molecule has 19 heavy (non-hydrogen) atoms. The Morgan fingerprint density at radius 3 is 2.95 bits per heavy atom. The molecule has 0 atom stereocenters. The Labute approximate surface area is 122 Å². The molecule has 0 fully saturated rings. The van der Waals surface area contributed by atoms with Crippen LogP contribution in [0.1, 0.15) is 9.88 Å². The first-order valence-electron chi connectivity index (χ1n) is 5.53. The van der Waals surface area contributed by atoms with E-state index in [-0.39, 0.29) is 0 Å². The minimum absolute atomic E-state index is 0.530. The summed E-state index contributed by atoms with van der Waals surface area (Å²) in [6.07, 6.45) is 1.86. The third-order valence-electron chi connectivity index (χ3n) is 2.50. The van der Waals surface area contributed by atoms with Gasteiger partial charge in [-0.1, -0.05) is 0 Å². The van der Waals surface area contributed by atoms with Gasteiger partial charge in [-0.25, -0.2) is 4.98 Å². The molecule has 0 spiro atoms. The summed E-state index contributed by atoms with van der Waals surface area (Å²) in [5, 5.41) is 7.34. The van der Waals surface area contributed by atoms with Crippen molar-refractivity contribution in [3.05, 3.63) is 27.0 Å². The lowest BCUT2D eigenvalue weighted by molar-refractivity contribution is 1.19. The molecular formula is C11H11N5S3. The molecule has 3 aromatic heterocycles. The smallest absolute Gasteiger partial charge is 0.148 e. The van der Waals surface area contributed by atoms with Crippen molar-refractivity contribution in [2.45, 2.75) is 13.5 Å². The van der Waals surface area contributed by atoms with Gasteiger partial charge in [-0.05, 0) is 18.5 Å². The average molecular weight is 309 g/mol. The first-order valence-corrected chi connectivity index (χ1v) is 8.06. The number of anilines is 2. The van der Waals surface area contributed by atoms with E-state index in [0.717, 1.165) is 27.8 Å². The lowest BCUT2D eigenvalue weighted by Gasteiger charge is -2.03. The van der Waals surface area contributed by atoms with Crippen LogP contribution in [-0.2, 0) is 6.54 Å². The van der Waals surface area contributed by atoms with Gasteiger partial charge in [0, 0.05) is 16.5 Å². The van der Waals surface area contributed by atoms with Crippen LogP contribution < -0.4 is 11.1 Å². The minimum atomic E-state index is 0.530. The van der Waals surface area contributed by atoms with Gasteiger partial charge < -0.3 is 11.1 Å². The molecular weight excluding hydrogens is 298 g/mol. The Kier molecular flexibility index (Phi) is 3.45. The molecule has 3 aromatic rings. The van der Waals surface area contributed by atoms with Crippen LogP contribution in [-0.4, -0.2) is 14.3 Å². The fraction of sp³-hybridized carbons (Fsp3) is 0.182. The SMILES string of the molecule is Cc1nc(-c2c(N)nsc2NCc2cncs2)cs1. The predicted octanol–water partition coefficient (Wildman–Crippen LogP) is 3.23. The lowest BCUT2D eigenvalue weighted by Crippen LogP contribution is -1.98. The van der Waals surface area contributed by atoms with Crippen molar-refractivity contribution in [3.63, 3.8) is 0 Å². The standard InChI is InChI=1S/C11H11N5S3/c1-6-15-8(4-17-6)9-10(12)16-19-11(9)14-3-7-2-13-5-18-7/h2,4-5,14H,3H2,1H3,(H2,12,16). The van der Waals surface area contributed by atoms with E-state index >= 15 is 0 Å². The van der Waals surface area contributed by atoms with Crippen molar-refractivity contribution in [2.24, 2.45) is 0 Å². The van der Waals surface area contributed by atoms with E-state index in [1.165, 1.54) is 16.4 Å². The highest BCUT2D eigenvalue weighted by molar-refractivity contribution is 7.12. The molecule has 0 amide bonds. The van der Waals surface area contributed by atoms with Crippen molar-refractivity contribution in [3.8, 4) is 11.3 Å². The molecule has 0 aliphatic rings. The number of nitrogens with one attached hydrogen (secondary N) is 1. The Bertz CT molecular complexity index is 670. The molecule has 0 bridgehead atoms. The molecule has 3 heterocycles. The molecule has 0 aliphatic heterocycles. The summed E-state index contributed by atoms with van der Waals surface area (Å²) >= 11 is 4.60. The molecule has 0 radical (unpaired) electrons. The number of nitrogens with zero attached hydrogens (tertiary/aromatic N) is 3. The highest BCUT2D eigenvalue weighted by atomic mass is 32.1. The van der Waals surface area contributed by atoms with Crippen molar-refractivity contribution in [1.29, 1.82) is 0 Å². The highest BCUT2D eigenvalue weighted by Gasteiger charge is 2.16. The van der Waals surface area contributed by atoms with Crippen LogP contribution in [0.2, 0.25) is 0 Å². The number of aryl methyl sites for hydroxylation is 1. The summed E-state index contributed by atoms with van der Waals surface area (Å²) in [5.41, 5.74) is 9.56. The molecule has 98 valence electrons. The van der Waals surface area contributed by atoms with Gasteiger partial charge in [0.25, 0.3) is 0 Å². The number of hydrogen-bond acceptors (Lipinski definition) is 8. The van der Waals surface area contributed by atoms with Crippen LogP contribution in [0.3, 0.4) is 0 Å². The molecule has 3 N–H and O–H groups in total. The van der Waals surface area contributed by atoms with E-state index in [9.17, 15) is 0 Å². The van der Waals surface area contributed by atoms with E-state index in [2.05, 4.69) is 19.7 Å². The van der Waals surface area contributed by atoms with Crippen LogP contribution in [0.15, 0.2) is 17.1 Å². The Morgan fingerprint density at radius 1 is 1.37 bits per heavy atom. The second-order valence-corrected chi connectivity index (χ2v) is 6.65. The van der Waals surface area contributed by atoms with Gasteiger partial charge in [-0.2, -0.15) is 4.37 Å². The van der Waals surface area contributed by atoms with E-state index in [1.54, 1.807) is 22.7 Å². The van der Waals surface area contributed by atoms with Gasteiger partial charge in [0.2, 0.25) is 0 Å². The molecule has 0 aromatic carbocycles. The molecule has 0 saturated carbocycles. The fourth-order valence-electron chi connectivity index (χ4n) is 1.65. The van der Waals surface area contributed by atoms with Crippen molar-refractivity contribution < 1.29 is 0 Å². The summed E-state index contributed by atoms with van der Waals surface area (Å²) in [6, 6.07) is 0. The Morgan fingerprint density at radius 2 is 2.26 bits per heavy atom. The molecule has 0 saturated heterocycles. The van der Waals surface area contributed by atoms with Crippen LogP contribution in [0.25, 0.3) is 11.3 Å². The lowest BCUT2D eigenvalue weighted by atomic mass is 10.2. The second kappa shape index (κ2) is 5.24. The number of aromatic nitrogens is 3. The van der Waals surface area contributed by atoms with Crippen LogP contribution in [0, 0.1) is 6.92 Å². The van der Waals surface area contributed by atoms with Gasteiger partial charge in [-0.15, -0.1) is 22.7 Å². The maximum Gasteiger partial charge on any atom is 0.148 e. The number of hydrogen-bond donors (Lipinski definition) is 2. The Balaban J connectivity index is 1.86. The van der Waals surface area contributed by atoms with Crippen LogP contribution >= 0.6 is 34.2 Å². The predicted molar refractivity (Wildman–Crippen MR) is 81.8 cm³/mol. The summed E-state index contributed by atoms with van der Waals surface area (Å²) in [6.45, 7) is 2.71. The molecule has 5 nitrogen and oxygen atoms in total. The van der Waals surface area contributed by atoms with E-state index < -0.39 is 0 Å². The monoisotopic (exact) mass is 309 g/mol. The van der Waals surface area contributed by atoms with Gasteiger partial charge in [0.1, 0.15) is 10.8 Å². The van der Waals surface area contributed by atoms with Gasteiger partial charge in [0.05, 0.1) is 28.3 Å². The van der Waals surface area contributed by atoms with Gasteiger partial charge in [0.15, 0.2) is 0 Å². The van der Waals surface area contributed by atoms with Crippen molar-refractivity contribution in [2.75, 3.05) is 11.1 Å². The van der Waals surface area contributed by atoms with Crippen molar-refractivity contribution >= 4 is 45.0 Å². The maximum atomic E-state index is 5.95. The zero-order chi connectivity index (χ0) is 13.2. The van der Waals surface area contributed by atoms with Gasteiger partial charge >= 0.3 is 0 Å². The van der Waals surface area contributed by atoms with E-state index in [4.69, 9.17) is 5.73 Å². The van der Waals surface area contributed by atoms with Crippen LogP contribution in [0.4, 0.5) is 10.8 Å². The molecule has 0 unspecified atom stereocenters. The second-order valence-electron chi connectivity index (χ2n) is 3.85. The highest BCUT2D eigenvalue weighted by Crippen LogP contribution is 2.37. The fourth-order valence-corrected chi connectivity index (χ4v) is 3.50. The Hall–Kier alpha value is -1.51. The number of rotatable bonds is 4. The largest absolute Gasteiger partial charge is 0.382 e. The number of nitrogen functional groups attached to an aromatic ring is 1. The van der Waals surface area contributed by atoms with Crippen LogP contribution in [0.5, 0.6) is 0 Å². The third-order valence-corrected chi connectivity index (χ3v) is 4.87. The molecule has 8 heteroatoms. The minimum Gasteiger partial charge on any atom is -0.382 e. The molecule has 3 rings (SSSR count). The topological polar surface area (TPSA) is 76.7 Å². The summed E-state index contributed by atoms with van der Waals surface area (Å²) in [5.74, 6) is 0.530. The summed E-state index contributed by atoms with van der Waals surface area (Å²) in [4.78, 5) is 9.70. The van der Waals surface area contributed by atoms with E-state index in [1.807, 2.05) is 24.0 Å². The normalized spacial score (nSPS) is 10.8. The zero-order valence-electron chi connectivity index (χ0n) is 10.1. The quantitative estimate of drug-likeness (QED) is 0.774. The number of nitrogens with two attached hydrogens (primary N) is 1.